The predicted octanol–water partition coefficient (Wildman–Crippen LogP) is 2.45. The molecule has 0 saturated carbocycles. The fraction of sp³-hybridized carbons (Fsp3) is 0.625. The lowest BCUT2D eigenvalue weighted by atomic mass is 10.00. The van der Waals surface area contributed by atoms with Crippen molar-refractivity contribution in [3.05, 3.63) is 34.9 Å². The van der Waals surface area contributed by atoms with Gasteiger partial charge in [-0.3, -0.25) is 4.90 Å². The van der Waals surface area contributed by atoms with Crippen molar-refractivity contribution < 1.29 is 9.84 Å². The third-order valence-corrected chi connectivity index (χ3v) is 4.16. The minimum atomic E-state index is -0.433. The maximum atomic E-state index is 10.5. The molecule has 1 saturated heterocycles. The highest BCUT2D eigenvalue weighted by Gasteiger charge is 2.29. The molecule has 0 spiro atoms. The third kappa shape index (κ3) is 3.35. The normalized spacial score (nSPS) is 24.9. The number of hydrogen-bond acceptors (Lipinski definition) is 3. The Balaban J connectivity index is 2.04. The van der Waals surface area contributed by atoms with Gasteiger partial charge in [-0.05, 0) is 45.4 Å². The number of benzene rings is 1. The lowest BCUT2D eigenvalue weighted by molar-refractivity contribution is 0.0577. The average Bonchev–Trinajstić information content (AvgIpc) is 2.78. The van der Waals surface area contributed by atoms with E-state index >= 15 is 0 Å². The van der Waals surface area contributed by atoms with Gasteiger partial charge in [0.2, 0.25) is 0 Å². The zero-order valence-electron chi connectivity index (χ0n) is 12.4. The van der Waals surface area contributed by atoms with E-state index in [0.717, 1.165) is 24.2 Å². The van der Waals surface area contributed by atoms with E-state index in [1.165, 1.54) is 5.56 Å². The van der Waals surface area contributed by atoms with E-state index < -0.39 is 6.10 Å². The molecule has 2 rings (SSSR count). The van der Waals surface area contributed by atoms with Gasteiger partial charge in [-0.1, -0.05) is 23.8 Å². The summed E-state index contributed by atoms with van der Waals surface area (Å²) >= 11 is 0. The molecule has 1 aliphatic rings. The monoisotopic (exact) mass is 263 g/mol. The van der Waals surface area contributed by atoms with Gasteiger partial charge in [-0.15, -0.1) is 0 Å². The summed E-state index contributed by atoms with van der Waals surface area (Å²) in [5.74, 6) is 0. The van der Waals surface area contributed by atoms with Gasteiger partial charge in [-0.25, -0.2) is 0 Å². The van der Waals surface area contributed by atoms with Crippen LogP contribution in [0.2, 0.25) is 0 Å². The second-order valence-electron chi connectivity index (χ2n) is 5.75. The first-order chi connectivity index (χ1) is 8.99. The van der Waals surface area contributed by atoms with Crippen LogP contribution in [0.3, 0.4) is 0 Å². The van der Waals surface area contributed by atoms with Crippen molar-refractivity contribution in [2.45, 2.75) is 45.4 Å². The second-order valence-corrected chi connectivity index (χ2v) is 5.75. The number of likely N-dealkylation sites (N-methyl/N-ethyl adjacent to an activating group) is 1. The fourth-order valence-corrected chi connectivity index (χ4v) is 2.92. The Morgan fingerprint density at radius 3 is 2.79 bits per heavy atom. The molecular weight excluding hydrogens is 238 g/mol. The van der Waals surface area contributed by atoms with Gasteiger partial charge in [0.15, 0.2) is 0 Å². The van der Waals surface area contributed by atoms with E-state index in [-0.39, 0.29) is 6.10 Å². The number of aliphatic hydroxyl groups is 1. The number of ether oxygens (including phenoxy) is 1. The summed E-state index contributed by atoms with van der Waals surface area (Å²) in [6.07, 6.45) is 0.880. The molecule has 0 aliphatic carbocycles. The van der Waals surface area contributed by atoms with Gasteiger partial charge in [0.25, 0.3) is 0 Å². The van der Waals surface area contributed by atoms with Crippen molar-refractivity contribution in [1.29, 1.82) is 0 Å². The molecule has 3 unspecified atom stereocenters. The van der Waals surface area contributed by atoms with E-state index in [1.807, 2.05) is 0 Å². The van der Waals surface area contributed by atoms with Gasteiger partial charge in [-0.2, -0.15) is 0 Å². The number of rotatable bonds is 4. The van der Waals surface area contributed by atoms with Crippen LogP contribution < -0.4 is 0 Å². The second kappa shape index (κ2) is 6.04. The SMILES string of the molecule is Cc1ccc(C)c(C(O)CN(C)C2CCOC2C)c1. The number of aliphatic hydroxyl groups excluding tert-OH is 1. The van der Waals surface area contributed by atoms with Gasteiger partial charge in [0.05, 0.1) is 12.2 Å². The quantitative estimate of drug-likeness (QED) is 0.905. The number of aryl methyl sites for hydroxylation is 2. The number of hydrogen-bond donors (Lipinski definition) is 1. The summed E-state index contributed by atoms with van der Waals surface area (Å²) in [7, 11) is 2.07. The van der Waals surface area contributed by atoms with Crippen molar-refractivity contribution in [2.75, 3.05) is 20.2 Å². The van der Waals surface area contributed by atoms with Gasteiger partial charge >= 0.3 is 0 Å². The predicted molar refractivity (Wildman–Crippen MR) is 77.3 cm³/mol. The molecule has 106 valence electrons. The van der Waals surface area contributed by atoms with Gasteiger partial charge in [0.1, 0.15) is 0 Å². The first-order valence-corrected chi connectivity index (χ1v) is 7.06. The summed E-state index contributed by atoms with van der Waals surface area (Å²) in [5.41, 5.74) is 3.39. The van der Waals surface area contributed by atoms with E-state index in [9.17, 15) is 5.11 Å². The van der Waals surface area contributed by atoms with Crippen LogP contribution in [-0.4, -0.2) is 42.4 Å². The van der Waals surface area contributed by atoms with E-state index in [2.05, 4.69) is 50.9 Å². The molecule has 1 heterocycles. The maximum Gasteiger partial charge on any atom is 0.0919 e. The van der Waals surface area contributed by atoms with Crippen LogP contribution in [-0.2, 0) is 4.74 Å². The molecule has 1 aliphatic heterocycles. The molecule has 19 heavy (non-hydrogen) atoms. The minimum absolute atomic E-state index is 0.260. The summed E-state index contributed by atoms with van der Waals surface area (Å²) < 4.78 is 5.59. The molecule has 1 fully saturated rings. The van der Waals surface area contributed by atoms with Crippen molar-refractivity contribution in [3.8, 4) is 0 Å². The molecule has 1 aromatic rings. The van der Waals surface area contributed by atoms with E-state index in [1.54, 1.807) is 0 Å². The van der Waals surface area contributed by atoms with Crippen molar-refractivity contribution >= 4 is 0 Å². The lowest BCUT2D eigenvalue weighted by Crippen LogP contribution is -2.39. The molecule has 3 heteroatoms. The molecule has 1 N–H and O–H groups in total. The molecule has 3 atom stereocenters. The Bertz CT molecular complexity index is 433. The topological polar surface area (TPSA) is 32.7 Å². The standard InChI is InChI=1S/C16H25NO2/c1-11-5-6-12(2)14(9-11)16(18)10-17(4)15-7-8-19-13(15)3/h5-6,9,13,15-16,18H,7-8,10H2,1-4H3. The highest BCUT2D eigenvalue weighted by molar-refractivity contribution is 5.32. The van der Waals surface area contributed by atoms with Crippen molar-refractivity contribution in [2.24, 2.45) is 0 Å². The summed E-state index contributed by atoms with van der Waals surface area (Å²) in [6, 6.07) is 6.67. The first-order valence-electron chi connectivity index (χ1n) is 7.06. The van der Waals surface area contributed by atoms with Crippen molar-refractivity contribution in [3.63, 3.8) is 0 Å². The lowest BCUT2D eigenvalue weighted by Gasteiger charge is -2.29. The van der Waals surface area contributed by atoms with Crippen LogP contribution in [0, 0.1) is 13.8 Å². The summed E-state index contributed by atoms with van der Waals surface area (Å²) in [5, 5.41) is 10.5. The van der Waals surface area contributed by atoms with Crippen LogP contribution >= 0.6 is 0 Å². The molecule has 0 radical (unpaired) electrons. The van der Waals surface area contributed by atoms with E-state index in [0.29, 0.717) is 12.6 Å². The Hall–Kier alpha value is -0.900. The Morgan fingerprint density at radius 2 is 2.16 bits per heavy atom. The van der Waals surface area contributed by atoms with Crippen LogP contribution in [0.15, 0.2) is 18.2 Å². The highest BCUT2D eigenvalue weighted by Crippen LogP contribution is 2.23. The fourth-order valence-electron chi connectivity index (χ4n) is 2.92. The zero-order chi connectivity index (χ0) is 14.0. The van der Waals surface area contributed by atoms with Gasteiger partial charge in [0, 0.05) is 19.2 Å². The summed E-state index contributed by atoms with van der Waals surface area (Å²) in [4.78, 5) is 2.23. The smallest absolute Gasteiger partial charge is 0.0919 e. The van der Waals surface area contributed by atoms with Crippen molar-refractivity contribution in [1.82, 2.24) is 4.90 Å². The maximum absolute atomic E-state index is 10.5. The Kier molecular flexibility index (Phi) is 4.61. The molecular formula is C16H25NO2. The minimum Gasteiger partial charge on any atom is -0.387 e. The third-order valence-electron chi connectivity index (χ3n) is 4.16. The average molecular weight is 263 g/mol. The largest absolute Gasteiger partial charge is 0.387 e. The highest BCUT2D eigenvalue weighted by atomic mass is 16.5. The Morgan fingerprint density at radius 1 is 1.42 bits per heavy atom. The molecule has 0 bridgehead atoms. The van der Waals surface area contributed by atoms with Crippen LogP contribution in [0.5, 0.6) is 0 Å². The first kappa shape index (κ1) is 14.5. The Labute approximate surface area is 116 Å². The molecule has 3 nitrogen and oxygen atoms in total. The molecule has 0 amide bonds. The van der Waals surface area contributed by atoms with Gasteiger partial charge < -0.3 is 9.84 Å². The number of nitrogens with zero attached hydrogens (tertiary/aromatic N) is 1. The molecule has 1 aromatic carbocycles. The summed E-state index contributed by atoms with van der Waals surface area (Å²) in [6.45, 7) is 7.71. The molecule has 0 aromatic heterocycles. The zero-order valence-corrected chi connectivity index (χ0v) is 12.4. The van der Waals surface area contributed by atoms with Crippen LogP contribution in [0.4, 0.5) is 0 Å². The van der Waals surface area contributed by atoms with Crippen LogP contribution in [0.1, 0.15) is 36.1 Å². The van der Waals surface area contributed by atoms with E-state index in [4.69, 9.17) is 4.74 Å². The van der Waals surface area contributed by atoms with Crippen LogP contribution in [0.25, 0.3) is 0 Å².